The van der Waals surface area contributed by atoms with Gasteiger partial charge in [-0.1, -0.05) is 13.3 Å². The van der Waals surface area contributed by atoms with E-state index in [1.807, 2.05) is 6.07 Å². The summed E-state index contributed by atoms with van der Waals surface area (Å²) in [5.41, 5.74) is 6.87. The molecule has 0 aliphatic carbocycles. The van der Waals surface area contributed by atoms with Crippen LogP contribution in [0.3, 0.4) is 0 Å². The molecule has 0 aromatic carbocycles. The Balaban J connectivity index is 2.54. The maximum Gasteiger partial charge on any atom is 0.141 e. The zero-order chi connectivity index (χ0) is 12.0. The van der Waals surface area contributed by atoms with E-state index >= 15 is 0 Å². The van der Waals surface area contributed by atoms with Crippen molar-refractivity contribution in [2.75, 3.05) is 0 Å². The summed E-state index contributed by atoms with van der Waals surface area (Å²) < 4.78 is 5.66. The Kier molecular flexibility index (Phi) is 4.92. The second-order valence-electron chi connectivity index (χ2n) is 3.87. The Hall–Kier alpha value is -1.42. The largest absolute Gasteiger partial charge is 0.382 e. The monoisotopic (exact) mass is 221 g/mol. The highest BCUT2D eigenvalue weighted by Crippen LogP contribution is 2.07. The molecule has 0 saturated heterocycles. The number of pyridine rings is 1. The zero-order valence-corrected chi connectivity index (χ0v) is 9.86. The molecule has 0 amide bonds. The second-order valence-corrected chi connectivity index (χ2v) is 3.87. The first-order chi connectivity index (χ1) is 7.63. The molecule has 4 nitrogen and oxygen atoms in total. The van der Waals surface area contributed by atoms with E-state index in [-0.39, 0.29) is 11.9 Å². The first kappa shape index (κ1) is 12.6. The molecule has 0 fully saturated rings. The summed E-state index contributed by atoms with van der Waals surface area (Å²) in [7, 11) is 0. The second kappa shape index (κ2) is 6.23. The van der Waals surface area contributed by atoms with Gasteiger partial charge in [0.25, 0.3) is 0 Å². The van der Waals surface area contributed by atoms with Crippen LogP contribution < -0.4 is 5.73 Å². The third-order valence-electron chi connectivity index (χ3n) is 2.33. The minimum Gasteiger partial charge on any atom is -0.382 e. The Morgan fingerprint density at radius 2 is 2.38 bits per heavy atom. The van der Waals surface area contributed by atoms with E-state index < -0.39 is 0 Å². The highest BCUT2D eigenvalue weighted by molar-refractivity contribution is 5.93. The average Bonchev–Trinajstić information content (AvgIpc) is 2.27. The number of nitrogens with two attached hydrogens (primary N) is 1. The van der Waals surface area contributed by atoms with E-state index in [1.54, 1.807) is 12.3 Å². The van der Waals surface area contributed by atoms with Crippen LogP contribution in [-0.2, 0) is 11.3 Å². The van der Waals surface area contributed by atoms with Crippen LogP contribution in [0.1, 0.15) is 37.9 Å². The Morgan fingerprint density at radius 1 is 1.62 bits per heavy atom. The van der Waals surface area contributed by atoms with Crippen LogP contribution >= 0.6 is 0 Å². The molecule has 0 spiro atoms. The van der Waals surface area contributed by atoms with Crippen molar-refractivity contribution >= 4 is 5.84 Å². The van der Waals surface area contributed by atoms with E-state index in [1.165, 1.54) is 0 Å². The highest BCUT2D eigenvalue weighted by Gasteiger charge is 2.03. The van der Waals surface area contributed by atoms with Crippen LogP contribution in [0.5, 0.6) is 0 Å². The van der Waals surface area contributed by atoms with Crippen molar-refractivity contribution in [3.8, 4) is 0 Å². The van der Waals surface area contributed by atoms with E-state index in [0.29, 0.717) is 12.3 Å². The minimum atomic E-state index is -0.0107. The molecule has 1 unspecified atom stereocenters. The topological polar surface area (TPSA) is 72.0 Å². The van der Waals surface area contributed by atoms with Crippen molar-refractivity contribution in [1.82, 2.24) is 4.98 Å². The molecule has 88 valence electrons. The highest BCUT2D eigenvalue weighted by atomic mass is 16.5. The summed E-state index contributed by atoms with van der Waals surface area (Å²) in [5.74, 6) is -0.0107. The summed E-state index contributed by atoms with van der Waals surface area (Å²) in [6, 6.07) is 3.67. The predicted molar refractivity (Wildman–Crippen MR) is 64.4 cm³/mol. The van der Waals surface area contributed by atoms with Gasteiger partial charge in [-0.05, 0) is 31.0 Å². The van der Waals surface area contributed by atoms with Gasteiger partial charge in [0.05, 0.1) is 12.7 Å². The molecule has 0 aliphatic heterocycles. The van der Waals surface area contributed by atoms with E-state index in [2.05, 4.69) is 18.8 Å². The van der Waals surface area contributed by atoms with Crippen molar-refractivity contribution in [2.24, 2.45) is 5.73 Å². The van der Waals surface area contributed by atoms with E-state index in [0.717, 1.165) is 18.4 Å². The summed E-state index contributed by atoms with van der Waals surface area (Å²) >= 11 is 0. The summed E-state index contributed by atoms with van der Waals surface area (Å²) in [4.78, 5) is 4.00. The maximum absolute atomic E-state index is 7.29. The van der Waals surface area contributed by atoms with Crippen molar-refractivity contribution in [2.45, 2.75) is 39.4 Å². The lowest BCUT2D eigenvalue weighted by Gasteiger charge is -2.12. The third kappa shape index (κ3) is 3.98. The van der Waals surface area contributed by atoms with Crippen LogP contribution in [0, 0.1) is 5.41 Å². The molecule has 3 N–H and O–H groups in total. The van der Waals surface area contributed by atoms with Gasteiger partial charge in [0.15, 0.2) is 0 Å². The van der Waals surface area contributed by atoms with Crippen molar-refractivity contribution in [1.29, 1.82) is 5.41 Å². The fourth-order valence-corrected chi connectivity index (χ4v) is 1.44. The molecule has 1 aromatic rings. The van der Waals surface area contributed by atoms with Gasteiger partial charge in [-0.25, -0.2) is 0 Å². The first-order valence-corrected chi connectivity index (χ1v) is 5.54. The average molecular weight is 221 g/mol. The Bertz CT molecular complexity index is 352. The predicted octanol–water partition coefficient (Wildman–Crippen LogP) is 2.07. The number of rotatable bonds is 6. The molecular weight excluding hydrogens is 202 g/mol. The van der Waals surface area contributed by atoms with Gasteiger partial charge in [0.2, 0.25) is 0 Å². The number of amidine groups is 1. The summed E-state index contributed by atoms with van der Waals surface area (Å²) in [6.07, 6.45) is 4.10. The van der Waals surface area contributed by atoms with Gasteiger partial charge >= 0.3 is 0 Å². The fourth-order valence-electron chi connectivity index (χ4n) is 1.44. The van der Waals surface area contributed by atoms with Gasteiger partial charge in [0.1, 0.15) is 11.5 Å². The third-order valence-corrected chi connectivity index (χ3v) is 2.33. The van der Waals surface area contributed by atoms with Crippen LogP contribution in [0.4, 0.5) is 0 Å². The van der Waals surface area contributed by atoms with Crippen molar-refractivity contribution in [3.63, 3.8) is 0 Å². The van der Waals surface area contributed by atoms with Crippen LogP contribution in [0.15, 0.2) is 18.3 Å². The number of ether oxygens (including phenoxy) is 1. The molecule has 1 heterocycles. The normalized spacial score (nSPS) is 12.4. The van der Waals surface area contributed by atoms with Crippen molar-refractivity contribution in [3.05, 3.63) is 29.6 Å². The van der Waals surface area contributed by atoms with Gasteiger partial charge < -0.3 is 10.5 Å². The molecule has 0 saturated carbocycles. The molecule has 1 rings (SSSR count). The standard InChI is InChI=1S/C12H19N3O/c1-3-4-9(2)16-8-10-5-6-15-11(7-10)12(13)14/h5-7,9H,3-4,8H2,1-2H3,(H3,13,14). The molecule has 0 aliphatic rings. The number of nitrogen functional groups attached to an aromatic ring is 1. The fraction of sp³-hybridized carbons (Fsp3) is 0.500. The van der Waals surface area contributed by atoms with Gasteiger partial charge in [-0.15, -0.1) is 0 Å². The first-order valence-electron chi connectivity index (χ1n) is 5.54. The molecule has 16 heavy (non-hydrogen) atoms. The number of hydrogen-bond donors (Lipinski definition) is 2. The lowest BCUT2D eigenvalue weighted by molar-refractivity contribution is 0.0471. The zero-order valence-electron chi connectivity index (χ0n) is 9.86. The van der Waals surface area contributed by atoms with E-state index in [9.17, 15) is 0 Å². The molecule has 1 atom stereocenters. The number of nitrogens with zero attached hydrogens (tertiary/aromatic N) is 1. The van der Waals surface area contributed by atoms with Crippen LogP contribution in [0.2, 0.25) is 0 Å². The lowest BCUT2D eigenvalue weighted by Crippen LogP contribution is -2.14. The van der Waals surface area contributed by atoms with Gasteiger partial charge in [-0.2, -0.15) is 0 Å². The SMILES string of the molecule is CCCC(C)OCc1ccnc(C(=N)N)c1. The molecule has 0 bridgehead atoms. The minimum absolute atomic E-state index is 0.0107. The van der Waals surface area contributed by atoms with E-state index in [4.69, 9.17) is 15.9 Å². The van der Waals surface area contributed by atoms with Crippen LogP contribution in [-0.4, -0.2) is 16.9 Å². The van der Waals surface area contributed by atoms with Gasteiger partial charge in [-0.3, -0.25) is 10.4 Å². The number of hydrogen-bond acceptors (Lipinski definition) is 3. The van der Waals surface area contributed by atoms with Crippen molar-refractivity contribution < 1.29 is 4.74 Å². The smallest absolute Gasteiger partial charge is 0.141 e. The Morgan fingerprint density at radius 3 is 3.00 bits per heavy atom. The summed E-state index contributed by atoms with van der Waals surface area (Å²) in [6.45, 7) is 4.75. The molecule has 1 aromatic heterocycles. The number of aromatic nitrogens is 1. The van der Waals surface area contributed by atoms with Gasteiger partial charge in [0, 0.05) is 6.20 Å². The molecular formula is C12H19N3O. The van der Waals surface area contributed by atoms with Crippen LogP contribution in [0.25, 0.3) is 0 Å². The summed E-state index contributed by atoms with van der Waals surface area (Å²) in [5, 5.41) is 7.29. The molecule has 4 heteroatoms. The molecule has 0 radical (unpaired) electrons. The maximum atomic E-state index is 7.29. The number of nitrogens with one attached hydrogen (secondary N) is 1. The Labute approximate surface area is 96.3 Å². The lowest BCUT2D eigenvalue weighted by atomic mass is 10.2. The quantitative estimate of drug-likeness (QED) is 0.570.